The molecule has 0 atom stereocenters. The summed E-state index contributed by atoms with van der Waals surface area (Å²) >= 11 is 3.40. The molecule has 0 saturated heterocycles. The molecule has 2 aromatic rings. The van der Waals surface area contributed by atoms with Crippen molar-refractivity contribution in [2.45, 2.75) is 13.1 Å². The molecular weight excluding hydrogens is 334 g/mol. The summed E-state index contributed by atoms with van der Waals surface area (Å²) in [4.78, 5) is 4.40. The van der Waals surface area contributed by atoms with Gasteiger partial charge in [0.2, 0.25) is 0 Å². The molecule has 2 N–H and O–H groups in total. The smallest absolute Gasteiger partial charge is 0.264 e. The molecule has 0 aliphatic rings. The average molecular weight is 348 g/mol. The number of imidazole rings is 1. The number of aromatic nitrogens is 2. The molecule has 0 aliphatic carbocycles. The minimum absolute atomic E-state index is 0.0593. The molecule has 0 bridgehead atoms. The van der Waals surface area contributed by atoms with Crippen molar-refractivity contribution in [1.29, 1.82) is 0 Å². The highest BCUT2D eigenvalue weighted by Gasteiger charge is 2.11. The monoisotopic (exact) mass is 347 g/mol. The Kier molecular flexibility index (Phi) is 4.24. The zero-order valence-electron chi connectivity index (χ0n) is 10.3. The highest BCUT2D eigenvalue weighted by molar-refractivity contribution is 9.10. The molecule has 2 rings (SSSR count). The average Bonchev–Trinajstić information content (AvgIpc) is 2.65. The molecule has 0 amide bonds. The Morgan fingerprint density at radius 2 is 2.21 bits per heavy atom. The fraction of sp³-hybridized carbons (Fsp3) is 0.364. The van der Waals surface area contributed by atoms with Crippen molar-refractivity contribution in [3.8, 4) is 0 Å². The van der Waals surface area contributed by atoms with E-state index in [1.54, 1.807) is 0 Å². The highest BCUT2D eigenvalue weighted by atomic mass is 79.9. The molecule has 1 aromatic carbocycles. The molecule has 0 saturated carbocycles. The van der Waals surface area contributed by atoms with E-state index >= 15 is 0 Å². The van der Waals surface area contributed by atoms with Gasteiger partial charge in [0, 0.05) is 11.0 Å². The van der Waals surface area contributed by atoms with Gasteiger partial charge in [0.25, 0.3) is 10.1 Å². The summed E-state index contributed by atoms with van der Waals surface area (Å²) < 4.78 is 29.4. The fourth-order valence-corrected chi connectivity index (χ4v) is 2.56. The lowest BCUT2D eigenvalue weighted by Crippen LogP contribution is -2.14. The summed E-state index contributed by atoms with van der Waals surface area (Å²) in [7, 11) is -3.43. The largest absolute Gasteiger partial charge is 0.324 e. The normalized spacial score (nSPS) is 12.2. The number of nitrogens with two attached hydrogens (primary N) is 1. The second-order valence-electron chi connectivity index (χ2n) is 4.04. The van der Waals surface area contributed by atoms with Crippen LogP contribution in [0.2, 0.25) is 0 Å². The zero-order valence-corrected chi connectivity index (χ0v) is 12.7. The molecule has 0 aliphatic heterocycles. The van der Waals surface area contributed by atoms with Crippen molar-refractivity contribution in [2.24, 2.45) is 5.73 Å². The minimum Gasteiger partial charge on any atom is -0.324 e. The van der Waals surface area contributed by atoms with Gasteiger partial charge in [0.05, 0.1) is 30.4 Å². The molecule has 6 nitrogen and oxygen atoms in total. The maximum Gasteiger partial charge on any atom is 0.264 e. The van der Waals surface area contributed by atoms with E-state index in [0.29, 0.717) is 12.4 Å². The van der Waals surface area contributed by atoms with E-state index in [0.717, 1.165) is 21.8 Å². The van der Waals surface area contributed by atoms with Gasteiger partial charge in [-0.15, -0.1) is 0 Å². The number of rotatable bonds is 5. The summed E-state index contributed by atoms with van der Waals surface area (Å²) in [6.45, 7) is 0.724. The van der Waals surface area contributed by atoms with E-state index in [1.165, 1.54) is 0 Å². The first-order chi connectivity index (χ1) is 8.90. The molecule has 0 spiro atoms. The third kappa shape index (κ3) is 3.53. The number of nitrogens with zero attached hydrogens (tertiary/aromatic N) is 2. The van der Waals surface area contributed by atoms with Crippen LogP contribution in [0.3, 0.4) is 0 Å². The van der Waals surface area contributed by atoms with Crippen LogP contribution in [-0.2, 0) is 27.4 Å². The molecule has 0 unspecified atom stereocenters. The van der Waals surface area contributed by atoms with E-state index in [1.807, 2.05) is 22.8 Å². The van der Waals surface area contributed by atoms with E-state index < -0.39 is 10.1 Å². The topological polar surface area (TPSA) is 87.2 Å². The third-order valence-corrected chi connectivity index (χ3v) is 3.67. The molecule has 1 heterocycles. The SMILES string of the molecule is CS(=O)(=O)OCCn1c(CN)nc2ccc(Br)cc21. The van der Waals surface area contributed by atoms with Crippen LogP contribution in [0.4, 0.5) is 0 Å². The summed E-state index contributed by atoms with van der Waals surface area (Å²) in [5.41, 5.74) is 7.37. The Morgan fingerprint density at radius 1 is 1.47 bits per heavy atom. The second-order valence-corrected chi connectivity index (χ2v) is 6.60. The number of hydrogen-bond donors (Lipinski definition) is 1. The first kappa shape index (κ1) is 14.4. The lowest BCUT2D eigenvalue weighted by atomic mass is 10.3. The molecule has 1 aromatic heterocycles. The number of hydrogen-bond acceptors (Lipinski definition) is 5. The third-order valence-electron chi connectivity index (χ3n) is 2.58. The van der Waals surface area contributed by atoms with Crippen LogP contribution in [0.1, 0.15) is 5.82 Å². The van der Waals surface area contributed by atoms with Crippen LogP contribution in [-0.4, -0.2) is 30.8 Å². The van der Waals surface area contributed by atoms with Gasteiger partial charge in [-0.1, -0.05) is 15.9 Å². The van der Waals surface area contributed by atoms with Crippen molar-refractivity contribution in [2.75, 3.05) is 12.9 Å². The van der Waals surface area contributed by atoms with Crippen LogP contribution in [0.25, 0.3) is 11.0 Å². The van der Waals surface area contributed by atoms with Crippen LogP contribution in [0, 0.1) is 0 Å². The molecule has 19 heavy (non-hydrogen) atoms. The Labute approximate surface area is 119 Å². The number of fused-ring (bicyclic) bond motifs is 1. The maximum atomic E-state index is 11.0. The Bertz CT molecular complexity index is 697. The Hall–Kier alpha value is -0.960. The standard InChI is InChI=1S/C11H14BrN3O3S/c1-19(16,17)18-5-4-15-10-6-8(12)2-3-9(10)14-11(15)7-13/h2-3,6H,4-5,7,13H2,1H3. The van der Waals surface area contributed by atoms with Gasteiger partial charge < -0.3 is 10.3 Å². The van der Waals surface area contributed by atoms with Gasteiger partial charge in [-0.25, -0.2) is 4.98 Å². The van der Waals surface area contributed by atoms with E-state index in [4.69, 9.17) is 9.92 Å². The van der Waals surface area contributed by atoms with Crippen molar-refractivity contribution in [3.05, 3.63) is 28.5 Å². The maximum absolute atomic E-state index is 11.0. The van der Waals surface area contributed by atoms with Gasteiger partial charge in [-0.2, -0.15) is 8.42 Å². The molecular formula is C11H14BrN3O3S. The predicted molar refractivity (Wildman–Crippen MR) is 76.1 cm³/mol. The lowest BCUT2D eigenvalue weighted by molar-refractivity contribution is 0.304. The lowest BCUT2D eigenvalue weighted by Gasteiger charge is -2.07. The van der Waals surface area contributed by atoms with E-state index in [2.05, 4.69) is 20.9 Å². The summed E-state index contributed by atoms with van der Waals surface area (Å²) in [5, 5.41) is 0. The van der Waals surface area contributed by atoms with Crippen molar-refractivity contribution < 1.29 is 12.6 Å². The zero-order chi connectivity index (χ0) is 14.0. The van der Waals surface area contributed by atoms with Crippen molar-refractivity contribution in [1.82, 2.24) is 9.55 Å². The van der Waals surface area contributed by atoms with Crippen LogP contribution in [0.15, 0.2) is 22.7 Å². The van der Waals surface area contributed by atoms with Crippen molar-refractivity contribution >= 4 is 37.1 Å². The first-order valence-corrected chi connectivity index (χ1v) is 8.21. The van der Waals surface area contributed by atoms with Gasteiger partial charge in [0.15, 0.2) is 0 Å². The minimum atomic E-state index is -3.43. The molecule has 0 radical (unpaired) electrons. The van der Waals surface area contributed by atoms with Gasteiger partial charge in [-0.05, 0) is 18.2 Å². The highest BCUT2D eigenvalue weighted by Crippen LogP contribution is 2.21. The number of benzene rings is 1. The fourth-order valence-electron chi connectivity index (χ4n) is 1.83. The van der Waals surface area contributed by atoms with E-state index in [9.17, 15) is 8.42 Å². The van der Waals surface area contributed by atoms with Crippen LogP contribution < -0.4 is 5.73 Å². The summed E-state index contributed by atoms with van der Waals surface area (Å²) in [6, 6.07) is 5.70. The molecule has 0 fully saturated rings. The number of halogens is 1. The predicted octanol–water partition coefficient (Wildman–Crippen LogP) is 1.23. The summed E-state index contributed by atoms with van der Waals surface area (Å²) in [5.74, 6) is 0.699. The van der Waals surface area contributed by atoms with E-state index in [-0.39, 0.29) is 13.2 Å². The first-order valence-electron chi connectivity index (χ1n) is 5.60. The van der Waals surface area contributed by atoms with Crippen LogP contribution in [0.5, 0.6) is 0 Å². The quantitative estimate of drug-likeness (QED) is 0.822. The van der Waals surface area contributed by atoms with Gasteiger partial charge in [0.1, 0.15) is 5.82 Å². The Morgan fingerprint density at radius 3 is 2.84 bits per heavy atom. The second kappa shape index (κ2) is 5.58. The summed E-state index contributed by atoms with van der Waals surface area (Å²) in [6.07, 6.45) is 1.03. The molecule has 8 heteroatoms. The van der Waals surface area contributed by atoms with Gasteiger partial charge >= 0.3 is 0 Å². The van der Waals surface area contributed by atoms with Crippen molar-refractivity contribution in [3.63, 3.8) is 0 Å². The van der Waals surface area contributed by atoms with Gasteiger partial charge in [-0.3, -0.25) is 4.18 Å². The molecule has 104 valence electrons. The Balaban J connectivity index is 2.32. The van der Waals surface area contributed by atoms with Crippen LogP contribution >= 0.6 is 15.9 Å².